The number of ketones is 1. The first-order valence-corrected chi connectivity index (χ1v) is 8.18. The van der Waals surface area contributed by atoms with Crippen LogP contribution in [0.5, 0.6) is 0 Å². The minimum absolute atomic E-state index is 0.150. The summed E-state index contributed by atoms with van der Waals surface area (Å²) in [5.41, 5.74) is -1.75. The summed E-state index contributed by atoms with van der Waals surface area (Å²) in [5, 5.41) is 0. The van der Waals surface area contributed by atoms with Crippen LogP contribution in [0.1, 0.15) is 53.4 Å². The van der Waals surface area contributed by atoms with Crippen molar-refractivity contribution < 1.29 is 23.9 Å². The Morgan fingerprint density at radius 1 is 1.27 bits per heavy atom. The van der Waals surface area contributed by atoms with Crippen LogP contribution in [0, 0.1) is 23.2 Å². The highest BCUT2D eigenvalue weighted by atomic mass is 16.6. The quantitative estimate of drug-likeness (QED) is 0.695. The van der Waals surface area contributed by atoms with E-state index in [2.05, 4.69) is 13.8 Å². The average Bonchev–Trinajstić information content (AvgIpc) is 2.69. The molecule has 3 aliphatic rings. The maximum absolute atomic E-state index is 12.9. The lowest BCUT2D eigenvalue weighted by atomic mass is 9.50. The largest absolute Gasteiger partial charge is 0.457 e. The van der Waals surface area contributed by atoms with E-state index in [0.29, 0.717) is 12.3 Å². The number of esters is 2. The van der Waals surface area contributed by atoms with Gasteiger partial charge in [0.05, 0.1) is 0 Å². The molecule has 0 aromatic heterocycles. The van der Waals surface area contributed by atoms with Crippen molar-refractivity contribution in [2.45, 2.75) is 65.1 Å². The maximum atomic E-state index is 12.9. The molecule has 1 aliphatic heterocycles. The van der Waals surface area contributed by atoms with Crippen LogP contribution in [0.25, 0.3) is 0 Å². The molecule has 5 nitrogen and oxygen atoms in total. The van der Waals surface area contributed by atoms with Crippen LogP contribution in [0.2, 0.25) is 0 Å². The summed E-state index contributed by atoms with van der Waals surface area (Å²) in [5.74, 6) is -1.34. The predicted octanol–water partition coefficient (Wildman–Crippen LogP) is 2.27. The Morgan fingerprint density at radius 2 is 1.95 bits per heavy atom. The second kappa shape index (κ2) is 4.80. The first kappa shape index (κ1) is 15.5. The van der Waals surface area contributed by atoms with Gasteiger partial charge in [-0.05, 0) is 25.2 Å². The first-order chi connectivity index (χ1) is 10.2. The van der Waals surface area contributed by atoms with Crippen LogP contribution < -0.4 is 0 Å². The molecule has 1 heterocycles. The lowest BCUT2D eigenvalue weighted by molar-refractivity contribution is -0.209. The van der Waals surface area contributed by atoms with Gasteiger partial charge >= 0.3 is 11.9 Å². The van der Waals surface area contributed by atoms with E-state index in [-0.39, 0.29) is 17.1 Å². The van der Waals surface area contributed by atoms with E-state index in [1.54, 1.807) is 6.92 Å². The van der Waals surface area contributed by atoms with Gasteiger partial charge in [0.2, 0.25) is 5.60 Å². The van der Waals surface area contributed by atoms with Crippen molar-refractivity contribution in [1.82, 2.24) is 0 Å². The fourth-order valence-corrected chi connectivity index (χ4v) is 4.99. The SMILES string of the molecule is CC(=O)O[C@]12C(=O)C[C@H]3CCC[C@H](C)[C@@]3(C)[C@@H]1OC(=O)[C@@H]2C. The van der Waals surface area contributed by atoms with Crippen molar-refractivity contribution in [3.8, 4) is 0 Å². The molecule has 3 rings (SSSR count). The third kappa shape index (κ3) is 1.74. The van der Waals surface area contributed by atoms with E-state index in [0.717, 1.165) is 19.3 Å². The van der Waals surface area contributed by atoms with E-state index in [1.165, 1.54) is 6.92 Å². The molecule has 0 spiro atoms. The number of Topliss-reactive ketones (excluding diaryl/α,β-unsaturated/α-hetero) is 1. The minimum Gasteiger partial charge on any atom is -0.457 e. The highest BCUT2D eigenvalue weighted by molar-refractivity contribution is 5.98. The molecular weight excluding hydrogens is 284 g/mol. The molecule has 0 aromatic rings. The van der Waals surface area contributed by atoms with Crippen molar-refractivity contribution >= 4 is 17.7 Å². The fraction of sp³-hybridized carbons (Fsp3) is 0.824. The van der Waals surface area contributed by atoms with Crippen LogP contribution in [0.4, 0.5) is 0 Å². The molecule has 2 aliphatic carbocycles. The van der Waals surface area contributed by atoms with Crippen molar-refractivity contribution in [2.75, 3.05) is 0 Å². The Morgan fingerprint density at radius 3 is 2.59 bits per heavy atom. The molecule has 2 saturated carbocycles. The molecule has 0 amide bonds. The number of carbonyl (C=O) groups is 3. The van der Waals surface area contributed by atoms with E-state index in [4.69, 9.17) is 9.47 Å². The normalized spacial score (nSPS) is 47.5. The number of hydrogen-bond donors (Lipinski definition) is 0. The Hall–Kier alpha value is -1.39. The molecule has 0 bridgehead atoms. The van der Waals surface area contributed by atoms with Crippen LogP contribution in [0.3, 0.4) is 0 Å². The zero-order valence-electron chi connectivity index (χ0n) is 13.7. The number of carbonyl (C=O) groups excluding carboxylic acids is 3. The number of hydrogen-bond acceptors (Lipinski definition) is 5. The summed E-state index contributed by atoms with van der Waals surface area (Å²) in [6.45, 7) is 7.17. The van der Waals surface area contributed by atoms with Crippen LogP contribution in [-0.2, 0) is 23.9 Å². The zero-order chi connectivity index (χ0) is 16.3. The summed E-state index contributed by atoms with van der Waals surface area (Å²) in [6.07, 6.45) is 2.80. The van der Waals surface area contributed by atoms with Crippen LogP contribution in [-0.4, -0.2) is 29.4 Å². The molecule has 5 heteroatoms. The average molecular weight is 308 g/mol. The van der Waals surface area contributed by atoms with Gasteiger partial charge < -0.3 is 9.47 Å². The van der Waals surface area contributed by atoms with Gasteiger partial charge in [-0.2, -0.15) is 0 Å². The monoisotopic (exact) mass is 308 g/mol. The summed E-state index contributed by atoms with van der Waals surface area (Å²) in [6, 6.07) is 0. The summed E-state index contributed by atoms with van der Waals surface area (Å²) < 4.78 is 11.2. The maximum Gasteiger partial charge on any atom is 0.313 e. The Labute approximate surface area is 130 Å². The molecule has 1 saturated heterocycles. The highest BCUT2D eigenvalue weighted by Gasteiger charge is 2.72. The standard InChI is InChI=1S/C17H24O5/c1-9-6-5-7-12-8-13(19)17(22-11(3)18)10(2)14(20)21-15(17)16(9,12)4/h9-10,12,15H,5-8H2,1-4H3/t9-,10-,12+,15-,16+,17+/m0/s1. The molecule has 3 fully saturated rings. The van der Waals surface area contributed by atoms with Crippen molar-refractivity contribution in [1.29, 1.82) is 0 Å². The van der Waals surface area contributed by atoms with Crippen LogP contribution in [0.15, 0.2) is 0 Å². The zero-order valence-corrected chi connectivity index (χ0v) is 13.7. The van der Waals surface area contributed by atoms with E-state index in [1.807, 2.05) is 0 Å². The van der Waals surface area contributed by atoms with Gasteiger partial charge in [0.1, 0.15) is 5.92 Å². The van der Waals surface area contributed by atoms with Crippen molar-refractivity contribution in [3.05, 3.63) is 0 Å². The number of ether oxygens (including phenoxy) is 2. The molecule has 0 N–H and O–H groups in total. The van der Waals surface area contributed by atoms with E-state index < -0.39 is 29.6 Å². The van der Waals surface area contributed by atoms with E-state index >= 15 is 0 Å². The molecule has 122 valence electrons. The first-order valence-electron chi connectivity index (χ1n) is 8.18. The topological polar surface area (TPSA) is 69.7 Å². The van der Waals surface area contributed by atoms with E-state index in [9.17, 15) is 14.4 Å². The summed E-state index contributed by atoms with van der Waals surface area (Å²) >= 11 is 0. The Kier molecular flexibility index (Phi) is 3.38. The van der Waals surface area contributed by atoms with Crippen LogP contribution >= 0.6 is 0 Å². The Bertz CT molecular complexity index is 541. The van der Waals surface area contributed by atoms with Crippen molar-refractivity contribution in [2.24, 2.45) is 23.2 Å². The molecule has 0 radical (unpaired) electrons. The van der Waals surface area contributed by atoms with Gasteiger partial charge in [0.15, 0.2) is 11.9 Å². The molecule has 0 aromatic carbocycles. The molecule has 22 heavy (non-hydrogen) atoms. The van der Waals surface area contributed by atoms with Gasteiger partial charge in [-0.25, -0.2) is 0 Å². The highest BCUT2D eigenvalue weighted by Crippen LogP contribution is 2.60. The molecule has 6 atom stereocenters. The number of fused-ring (bicyclic) bond motifs is 3. The molecule has 0 unspecified atom stereocenters. The fourth-order valence-electron chi connectivity index (χ4n) is 4.99. The smallest absolute Gasteiger partial charge is 0.313 e. The van der Waals surface area contributed by atoms with Gasteiger partial charge in [0.25, 0.3) is 0 Å². The second-order valence-electron chi connectivity index (χ2n) is 7.45. The number of rotatable bonds is 1. The van der Waals surface area contributed by atoms with Gasteiger partial charge in [-0.3, -0.25) is 14.4 Å². The van der Waals surface area contributed by atoms with Gasteiger partial charge in [-0.15, -0.1) is 0 Å². The third-order valence-corrected chi connectivity index (χ3v) is 6.50. The van der Waals surface area contributed by atoms with Gasteiger partial charge in [0, 0.05) is 18.8 Å². The second-order valence-corrected chi connectivity index (χ2v) is 7.45. The van der Waals surface area contributed by atoms with Crippen molar-refractivity contribution in [3.63, 3.8) is 0 Å². The Balaban J connectivity index is 2.14. The lowest BCUT2D eigenvalue weighted by Gasteiger charge is -2.56. The minimum atomic E-state index is -1.43. The molecular formula is C17H24O5. The predicted molar refractivity (Wildman–Crippen MR) is 77.8 cm³/mol. The lowest BCUT2D eigenvalue weighted by Crippen LogP contribution is -2.67. The summed E-state index contributed by atoms with van der Waals surface area (Å²) in [4.78, 5) is 36.8. The third-order valence-electron chi connectivity index (χ3n) is 6.50. The summed E-state index contributed by atoms with van der Waals surface area (Å²) in [7, 11) is 0. The van der Waals surface area contributed by atoms with Gasteiger partial charge in [-0.1, -0.05) is 26.7 Å².